The van der Waals surface area contributed by atoms with Crippen molar-refractivity contribution >= 4 is 17.3 Å². The molecule has 0 unspecified atom stereocenters. The summed E-state index contributed by atoms with van der Waals surface area (Å²) in [6, 6.07) is 13.4. The molecule has 0 fully saturated rings. The van der Waals surface area contributed by atoms with Crippen LogP contribution in [-0.4, -0.2) is 19.1 Å². The van der Waals surface area contributed by atoms with Gasteiger partial charge in [-0.3, -0.25) is 4.79 Å². The summed E-state index contributed by atoms with van der Waals surface area (Å²) < 4.78 is 18.9. The molecule has 2 aromatic rings. The maximum absolute atomic E-state index is 13.4. The van der Waals surface area contributed by atoms with E-state index in [0.29, 0.717) is 12.4 Å². The Bertz CT molecular complexity index is 617. The highest BCUT2D eigenvalue weighted by molar-refractivity contribution is 5.94. The second-order valence-corrected chi connectivity index (χ2v) is 4.31. The molecule has 0 saturated heterocycles. The Morgan fingerprint density at radius 2 is 1.76 bits per heavy atom. The molecular formula is C16H17FN2O2. The summed E-state index contributed by atoms with van der Waals surface area (Å²) in [5, 5.41) is 5.49. The third-order valence-electron chi connectivity index (χ3n) is 2.77. The first-order valence-electron chi connectivity index (χ1n) is 6.70. The Balaban J connectivity index is 1.94. The van der Waals surface area contributed by atoms with E-state index in [0.717, 1.165) is 5.69 Å². The van der Waals surface area contributed by atoms with Gasteiger partial charge in [-0.1, -0.05) is 24.3 Å². The minimum Gasteiger partial charge on any atom is -0.492 e. The molecule has 0 aliphatic rings. The zero-order valence-corrected chi connectivity index (χ0v) is 11.7. The van der Waals surface area contributed by atoms with E-state index in [1.165, 1.54) is 12.1 Å². The molecule has 0 aliphatic heterocycles. The van der Waals surface area contributed by atoms with Crippen LogP contribution in [0.15, 0.2) is 48.5 Å². The van der Waals surface area contributed by atoms with Gasteiger partial charge in [-0.05, 0) is 31.2 Å². The third kappa shape index (κ3) is 4.21. The van der Waals surface area contributed by atoms with Crippen LogP contribution >= 0.6 is 0 Å². The van der Waals surface area contributed by atoms with Crippen LogP contribution in [0, 0.1) is 5.82 Å². The number of halogens is 1. The van der Waals surface area contributed by atoms with Crippen LogP contribution < -0.4 is 15.4 Å². The van der Waals surface area contributed by atoms with E-state index < -0.39 is 5.82 Å². The highest BCUT2D eigenvalue weighted by Gasteiger charge is 2.07. The van der Waals surface area contributed by atoms with Crippen LogP contribution in [0.2, 0.25) is 0 Å². The highest BCUT2D eigenvalue weighted by atomic mass is 19.1. The predicted octanol–water partition coefficient (Wildman–Crippen LogP) is 3.28. The zero-order chi connectivity index (χ0) is 15.1. The fraction of sp³-hybridized carbons (Fsp3) is 0.188. The fourth-order valence-electron chi connectivity index (χ4n) is 1.83. The molecule has 0 saturated carbocycles. The van der Waals surface area contributed by atoms with E-state index in [1.54, 1.807) is 12.1 Å². The van der Waals surface area contributed by atoms with Crippen molar-refractivity contribution < 1.29 is 13.9 Å². The lowest BCUT2D eigenvalue weighted by molar-refractivity contribution is -0.114. The minimum atomic E-state index is -0.458. The number of rotatable bonds is 6. The van der Waals surface area contributed by atoms with Gasteiger partial charge in [0.15, 0.2) is 0 Å². The van der Waals surface area contributed by atoms with Crippen molar-refractivity contribution in [3.05, 3.63) is 54.3 Å². The van der Waals surface area contributed by atoms with Gasteiger partial charge in [0.05, 0.1) is 24.5 Å². The van der Waals surface area contributed by atoms with Crippen LogP contribution in [0.25, 0.3) is 0 Å². The van der Waals surface area contributed by atoms with E-state index in [-0.39, 0.29) is 18.1 Å². The van der Waals surface area contributed by atoms with Crippen LogP contribution in [-0.2, 0) is 4.79 Å². The number of anilines is 2. The van der Waals surface area contributed by atoms with Crippen molar-refractivity contribution in [3.8, 4) is 5.75 Å². The molecule has 0 aromatic heterocycles. The van der Waals surface area contributed by atoms with E-state index in [1.807, 2.05) is 31.2 Å². The summed E-state index contributed by atoms with van der Waals surface area (Å²) >= 11 is 0. The second-order valence-electron chi connectivity index (χ2n) is 4.31. The molecule has 1 amide bonds. The maximum Gasteiger partial charge on any atom is 0.243 e. The van der Waals surface area contributed by atoms with Crippen LogP contribution in [0.4, 0.5) is 15.8 Å². The minimum absolute atomic E-state index is 0.0262. The molecule has 21 heavy (non-hydrogen) atoms. The smallest absolute Gasteiger partial charge is 0.243 e. The number of amides is 1. The first-order valence-corrected chi connectivity index (χ1v) is 6.70. The molecule has 4 nitrogen and oxygen atoms in total. The number of carbonyl (C=O) groups is 1. The summed E-state index contributed by atoms with van der Waals surface area (Å²) in [4.78, 5) is 11.8. The predicted molar refractivity (Wildman–Crippen MR) is 81.1 cm³/mol. The van der Waals surface area contributed by atoms with Gasteiger partial charge in [-0.25, -0.2) is 4.39 Å². The Morgan fingerprint density at radius 1 is 1.10 bits per heavy atom. The van der Waals surface area contributed by atoms with Gasteiger partial charge in [0.1, 0.15) is 11.6 Å². The van der Waals surface area contributed by atoms with Gasteiger partial charge in [0, 0.05) is 0 Å². The lowest BCUT2D eigenvalue weighted by Gasteiger charge is -2.12. The normalized spacial score (nSPS) is 10.0. The molecule has 0 heterocycles. The van der Waals surface area contributed by atoms with Crippen LogP contribution in [0.3, 0.4) is 0 Å². The molecule has 0 aliphatic carbocycles. The number of benzene rings is 2. The van der Waals surface area contributed by atoms with Crippen molar-refractivity contribution in [2.45, 2.75) is 6.92 Å². The molecule has 2 N–H and O–H groups in total. The highest BCUT2D eigenvalue weighted by Crippen LogP contribution is 2.23. The summed E-state index contributed by atoms with van der Waals surface area (Å²) in [7, 11) is 0. The first-order chi connectivity index (χ1) is 10.2. The third-order valence-corrected chi connectivity index (χ3v) is 2.77. The van der Waals surface area contributed by atoms with Crippen molar-refractivity contribution in [3.63, 3.8) is 0 Å². The number of hydrogen-bond donors (Lipinski definition) is 2. The van der Waals surface area contributed by atoms with Crippen molar-refractivity contribution in [2.24, 2.45) is 0 Å². The van der Waals surface area contributed by atoms with Gasteiger partial charge >= 0.3 is 0 Å². The number of carbonyl (C=O) groups excluding carboxylic acids is 1. The Morgan fingerprint density at radius 3 is 2.48 bits per heavy atom. The number of para-hydroxylation sites is 3. The Kier molecular flexibility index (Phi) is 5.15. The number of nitrogens with one attached hydrogen (secondary N) is 2. The lowest BCUT2D eigenvalue weighted by Crippen LogP contribution is -2.22. The standard InChI is InChI=1S/C16H17FN2O2/c1-2-21-15-10-6-5-9-14(15)18-11-16(20)19-13-8-4-3-7-12(13)17/h3-10,18H,2,11H2,1H3,(H,19,20). The summed E-state index contributed by atoms with van der Waals surface area (Å²) in [6.07, 6.45) is 0. The maximum atomic E-state index is 13.4. The summed E-state index contributed by atoms with van der Waals surface area (Å²) in [5.74, 6) is -0.106. The SMILES string of the molecule is CCOc1ccccc1NCC(=O)Nc1ccccc1F. The lowest BCUT2D eigenvalue weighted by atomic mass is 10.3. The molecule has 0 spiro atoms. The van der Waals surface area contributed by atoms with E-state index in [4.69, 9.17) is 4.74 Å². The molecule has 2 rings (SSSR count). The monoisotopic (exact) mass is 288 g/mol. The van der Waals surface area contributed by atoms with Gasteiger partial charge in [0.2, 0.25) is 5.91 Å². The first kappa shape index (κ1) is 14.8. The van der Waals surface area contributed by atoms with Crippen LogP contribution in [0.1, 0.15) is 6.92 Å². The van der Waals surface area contributed by atoms with E-state index in [9.17, 15) is 9.18 Å². The summed E-state index contributed by atoms with van der Waals surface area (Å²) in [5.41, 5.74) is 0.894. The van der Waals surface area contributed by atoms with Gasteiger partial charge < -0.3 is 15.4 Å². The molecule has 0 radical (unpaired) electrons. The van der Waals surface area contributed by atoms with Gasteiger partial charge in [-0.2, -0.15) is 0 Å². The second kappa shape index (κ2) is 7.28. The van der Waals surface area contributed by atoms with E-state index >= 15 is 0 Å². The molecule has 0 atom stereocenters. The van der Waals surface area contributed by atoms with Crippen molar-refractivity contribution in [2.75, 3.05) is 23.8 Å². The number of hydrogen-bond acceptors (Lipinski definition) is 3. The molecular weight excluding hydrogens is 271 g/mol. The average Bonchev–Trinajstić information content (AvgIpc) is 2.49. The topological polar surface area (TPSA) is 50.4 Å². The quantitative estimate of drug-likeness (QED) is 0.857. The Hall–Kier alpha value is -2.56. The molecule has 0 bridgehead atoms. The fourth-order valence-corrected chi connectivity index (χ4v) is 1.83. The van der Waals surface area contributed by atoms with Crippen LogP contribution in [0.5, 0.6) is 5.75 Å². The largest absolute Gasteiger partial charge is 0.492 e. The van der Waals surface area contributed by atoms with Gasteiger partial charge in [0.25, 0.3) is 0 Å². The zero-order valence-electron chi connectivity index (χ0n) is 11.7. The van der Waals surface area contributed by atoms with Gasteiger partial charge in [-0.15, -0.1) is 0 Å². The average molecular weight is 288 g/mol. The number of ether oxygens (including phenoxy) is 1. The molecule has 110 valence electrons. The van der Waals surface area contributed by atoms with E-state index in [2.05, 4.69) is 10.6 Å². The molecule has 2 aromatic carbocycles. The van der Waals surface area contributed by atoms with Crippen molar-refractivity contribution in [1.82, 2.24) is 0 Å². The van der Waals surface area contributed by atoms with Crippen molar-refractivity contribution in [1.29, 1.82) is 0 Å². The molecule has 5 heteroatoms. The summed E-state index contributed by atoms with van der Waals surface area (Å²) in [6.45, 7) is 2.46. The Labute approximate surface area is 122 Å².